The maximum atomic E-state index is 11.8. The average molecular weight is 271 g/mol. The van der Waals surface area contributed by atoms with Gasteiger partial charge in [0, 0.05) is 5.39 Å². The van der Waals surface area contributed by atoms with Crippen LogP contribution in [0.2, 0.25) is 0 Å². The zero-order valence-electron chi connectivity index (χ0n) is 11.1. The van der Waals surface area contributed by atoms with Crippen LogP contribution in [-0.2, 0) is 4.74 Å². The molecule has 0 radical (unpaired) electrons. The fourth-order valence-electron chi connectivity index (χ4n) is 1.77. The Labute approximate surface area is 116 Å². The van der Waals surface area contributed by atoms with Crippen molar-refractivity contribution in [1.82, 2.24) is 4.98 Å². The summed E-state index contributed by atoms with van der Waals surface area (Å²) in [5, 5.41) is 9.51. The highest BCUT2D eigenvalue weighted by atomic mass is 16.5. The van der Waals surface area contributed by atoms with Crippen molar-refractivity contribution in [2.24, 2.45) is 0 Å². The highest BCUT2D eigenvalue weighted by Gasteiger charge is 2.14. The third-order valence-electron chi connectivity index (χ3n) is 2.71. The smallest absolute Gasteiger partial charge is 0.340 e. The number of nitrogens with zero attached hydrogens (tertiary/aromatic N) is 1. The van der Waals surface area contributed by atoms with E-state index in [2.05, 4.69) is 16.8 Å². The molecule has 2 rings (SSSR count). The summed E-state index contributed by atoms with van der Waals surface area (Å²) in [6.45, 7) is -0.303. The second-order valence-electron chi connectivity index (χ2n) is 3.89. The minimum atomic E-state index is -0.524. The molecule has 2 aromatic rings. The highest BCUT2D eigenvalue weighted by Crippen LogP contribution is 2.22. The van der Waals surface area contributed by atoms with E-state index in [0.717, 1.165) is 5.39 Å². The van der Waals surface area contributed by atoms with Crippen LogP contribution in [-0.4, -0.2) is 36.9 Å². The van der Waals surface area contributed by atoms with Crippen LogP contribution in [0.4, 0.5) is 0 Å². The Kier molecular flexibility index (Phi) is 4.18. The summed E-state index contributed by atoms with van der Waals surface area (Å²) in [7, 11) is 2.86. The Morgan fingerprint density at radius 1 is 1.35 bits per heavy atom. The van der Waals surface area contributed by atoms with Crippen molar-refractivity contribution in [3.63, 3.8) is 0 Å². The number of ether oxygens (including phenoxy) is 2. The molecule has 0 aliphatic rings. The van der Waals surface area contributed by atoms with E-state index in [0.29, 0.717) is 11.3 Å². The first-order valence-corrected chi connectivity index (χ1v) is 5.86. The Hall–Kier alpha value is -2.58. The largest absolute Gasteiger partial charge is 0.497 e. The number of hydrogen-bond acceptors (Lipinski definition) is 5. The summed E-state index contributed by atoms with van der Waals surface area (Å²) in [6.07, 6.45) is 0. The normalized spacial score (nSPS) is 9.75. The zero-order valence-corrected chi connectivity index (χ0v) is 11.1. The van der Waals surface area contributed by atoms with E-state index >= 15 is 0 Å². The van der Waals surface area contributed by atoms with E-state index in [9.17, 15) is 4.79 Å². The van der Waals surface area contributed by atoms with Gasteiger partial charge in [-0.05, 0) is 30.2 Å². The molecule has 1 aromatic carbocycles. The van der Waals surface area contributed by atoms with Crippen molar-refractivity contribution in [3.05, 3.63) is 35.5 Å². The molecule has 0 saturated heterocycles. The fraction of sp³-hybridized carbons (Fsp3) is 0.200. The first kappa shape index (κ1) is 13.8. The number of aromatic nitrogens is 1. The van der Waals surface area contributed by atoms with Gasteiger partial charge in [-0.1, -0.05) is 5.92 Å². The number of fused-ring (bicyclic) bond motifs is 1. The molecule has 1 N–H and O–H groups in total. The minimum Gasteiger partial charge on any atom is -0.497 e. The Balaban J connectivity index is 2.67. The van der Waals surface area contributed by atoms with Gasteiger partial charge in [0.15, 0.2) is 0 Å². The van der Waals surface area contributed by atoms with Gasteiger partial charge in [0.2, 0.25) is 0 Å². The molecule has 1 heterocycles. The second kappa shape index (κ2) is 6.04. The van der Waals surface area contributed by atoms with Gasteiger partial charge in [0.25, 0.3) is 0 Å². The number of hydrogen-bond donors (Lipinski definition) is 1. The van der Waals surface area contributed by atoms with Gasteiger partial charge in [-0.3, -0.25) is 0 Å². The molecule has 102 valence electrons. The van der Waals surface area contributed by atoms with Crippen LogP contribution in [0, 0.1) is 11.8 Å². The van der Waals surface area contributed by atoms with Crippen LogP contribution in [0.15, 0.2) is 24.3 Å². The summed E-state index contributed by atoms with van der Waals surface area (Å²) in [5.41, 5.74) is 1.22. The van der Waals surface area contributed by atoms with Gasteiger partial charge >= 0.3 is 5.97 Å². The number of aliphatic hydroxyl groups excluding tert-OH is 1. The van der Waals surface area contributed by atoms with Gasteiger partial charge in [-0.2, -0.15) is 0 Å². The topological polar surface area (TPSA) is 68.7 Å². The molecule has 0 amide bonds. The second-order valence-corrected chi connectivity index (χ2v) is 3.89. The summed E-state index contributed by atoms with van der Waals surface area (Å²) >= 11 is 0. The SMILES string of the molecule is COC(=O)c1cc2cc(OC)ccc2nc1C#CCO. The average Bonchev–Trinajstić information content (AvgIpc) is 2.50. The molecule has 5 heteroatoms. The molecular weight excluding hydrogens is 258 g/mol. The fourth-order valence-corrected chi connectivity index (χ4v) is 1.77. The van der Waals surface area contributed by atoms with Gasteiger partial charge in [-0.25, -0.2) is 9.78 Å². The monoisotopic (exact) mass is 271 g/mol. The molecule has 0 saturated carbocycles. The first-order chi connectivity index (χ1) is 9.69. The van der Waals surface area contributed by atoms with Crippen LogP contribution >= 0.6 is 0 Å². The number of rotatable bonds is 2. The third kappa shape index (κ3) is 2.71. The molecule has 0 bridgehead atoms. The first-order valence-electron chi connectivity index (χ1n) is 5.86. The summed E-state index contributed by atoms with van der Waals surface area (Å²) < 4.78 is 9.86. The standard InChI is InChI=1S/C15H13NO4/c1-19-11-5-6-13-10(8-11)9-12(15(18)20-2)14(16-13)4-3-7-17/h5-6,8-9,17H,7H2,1-2H3. The molecule has 20 heavy (non-hydrogen) atoms. The molecule has 0 spiro atoms. The van der Waals surface area contributed by atoms with Crippen molar-refractivity contribution >= 4 is 16.9 Å². The van der Waals surface area contributed by atoms with E-state index in [4.69, 9.17) is 14.6 Å². The predicted molar refractivity (Wildman–Crippen MR) is 73.6 cm³/mol. The van der Waals surface area contributed by atoms with Crippen molar-refractivity contribution in [2.45, 2.75) is 0 Å². The molecule has 0 atom stereocenters. The van der Waals surface area contributed by atoms with Gasteiger partial charge < -0.3 is 14.6 Å². The number of carbonyl (C=O) groups excluding carboxylic acids is 1. The Bertz CT molecular complexity index is 713. The number of aliphatic hydroxyl groups is 1. The van der Waals surface area contributed by atoms with Crippen molar-refractivity contribution in [3.8, 4) is 17.6 Å². The number of pyridine rings is 1. The van der Waals surface area contributed by atoms with E-state index in [-0.39, 0.29) is 17.9 Å². The molecule has 0 aliphatic carbocycles. The van der Waals surface area contributed by atoms with E-state index in [1.165, 1.54) is 7.11 Å². The van der Waals surface area contributed by atoms with Crippen molar-refractivity contribution in [2.75, 3.05) is 20.8 Å². The van der Waals surface area contributed by atoms with Crippen LogP contribution in [0.25, 0.3) is 10.9 Å². The summed E-state index contributed by atoms with van der Waals surface area (Å²) in [6, 6.07) is 6.98. The third-order valence-corrected chi connectivity index (χ3v) is 2.71. The van der Waals surface area contributed by atoms with Crippen molar-refractivity contribution in [1.29, 1.82) is 0 Å². The maximum absolute atomic E-state index is 11.8. The van der Waals surface area contributed by atoms with E-state index < -0.39 is 5.97 Å². The molecule has 5 nitrogen and oxygen atoms in total. The summed E-state index contributed by atoms with van der Waals surface area (Å²) in [4.78, 5) is 16.1. The number of esters is 1. The van der Waals surface area contributed by atoms with Crippen LogP contribution in [0.3, 0.4) is 0 Å². The number of methoxy groups -OCH3 is 2. The van der Waals surface area contributed by atoms with E-state index in [1.54, 1.807) is 31.4 Å². The Morgan fingerprint density at radius 3 is 2.80 bits per heavy atom. The van der Waals surface area contributed by atoms with E-state index in [1.807, 2.05) is 0 Å². The van der Waals surface area contributed by atoms with Gasteiger partial charge in [0.1, 0.15) is 18.1 Å². The molecule has 1 aromatic heterocycles. The van der Waals surface area contributed by atoms with Crippen LogP contribution in [0.5, 0.6) is 5.75 Å². The highest BCUT2D eigenvalue weighted by molar-refractivity contribution is 5.96. The lowest BCUT2D eigenvalue weighted by Gasteiger charge is -2.06. The lowest BCUT2D eigenvalue weighted by molar-refractivity contribution is 0.0600. The van der Waals surface area contributed by atoms with Gasteiger partial charge in [0.05, 0.1) is 25.3 Å². The summed E-state index contributed by atoms with van der Waals surface area (Å²) in [5.74, 6) is 5.28. The van der Waals surface area contributed by atoms with Crippen LogP contribution < -0.4 is 4.74 Å². The minimum absolute atomic E-state index is 0.259. The predicted octanol–water partition coefficient (Wildman–Crippen LogP) is 1.37. The lowest BCUT2D eigenvalue weighted by Crippen LogP contribution is -2.06. The number of carbonyl (C=O) groups is 1. The van der Waals surface area contributed by atoms with Crippen LogP contribution in [0.1, 0.15) is 16.1 Å². The maximum Gasteiger partial charge on any atom is 0.340 e. The lowest BCUT2D eigenvalue weighted by atomic mass is 10.1. The molecular formula is C15H13NO4. The number of benzene rings is 1. The molecule has 0 aliphatic heterocycles. The quantitative estimate of drug-likeness (QED) is 0.660. The van der Waals surface area contributed by atoms with Crippen molar-refractivity contribution < 1.29 is 19.4 Å². The molecule has 0 fully saturated rings. The zero-order chi connectivity index (χ0) is 14.5. The Morgan fingerprint density at radius 2 is 2.15 bits per heavy atom. The molecule has 0 unspecified atom stereocenters. The van der Waals surface area contributed by atoms with Gasteiger partial charge in [-0.15, -0.1) is 0 Å².